The third kappa shape index (κ3) is 2.71. The zero-order chi connectivity index (χ0) is 13.4. The SMILES string of the molecule is CC(NC(=O)C1C2CCCCC21)c1cccc(Br)c1. The second kappa shape index (κ2) is 5.28. The van der Waals surface area contributed by atoms with Crippen molar-refractivity contribution in [3.63, 3.8) is 0 Å². The summed E-state index contributed by atoms with van der Waals surface area (Å²) in [5.41, 5.74) is 1.16. The first kappa shape index (κ1) is 13.2. The molecule has 3 atom stereocenters. The molecule has 0 spiro atoms. The number of nitrogens with one attached hydrogen (secondary N) is 1. The van der Waals surface area contributed by atoms with Crippen LogP contribution in [0.5, 0.6) is 0 Å². The van der Waals surface area contributed by atoms with Gasteiger partial charge >= 0.3 is 0 Å². The molecule has 2 nitrogen and oxygen atoms in total. The number of amides is 1. The summed E-state index contributed by atoms with van der Waals surface area (Å²) < 4.78 is 1.06. The lowest BCUT2D eigenvalue weighted by Crippen LogP contribution is -2.29. The van der Waals surface area contributed by atoms with E-state index in [4.69, 9.17) is 0 Å². The molecule has 19 heavy (non-hydrogen) atoms. The fraction of sp³-hybridized carbons (Fsp3) is 0.562. The van der Waals surface area contributed by atoms with Gasteiger partial charge in [0.2, 0.25) is 5.91 Å². The smallest absolute Gasteiger partial charge is 0.224 e. The third-order valence-electron chi connectivity index (χ3n) is 4.67. The second-order valence-electron chi connectivity index (χ2n) is 5.92. The highest BCUT2D eigenvalue weighted by molar-refractivity contribution is 9.10. The Morgan fingerprint density at radius 2 is 2.00 bits per heavy atom. The monoisotopic (exact) mass is 321 g/mol. The van der Waals surface area contributed by atoms with Gasteiger partial charge in [0.15, 0.2) is 0 Å². The van der Waals surface area contributed by atoms with Crippen molar-refractivity contribution in [2.75, 3.05) is 0 Å². The number of halogens is 1. The predicted octanol–water partition coefficient (Wildman–Crippen LogP) is 4.06. The van der Waals surface area contributed by atoms with Crippen molar-refractivity contribution >= 4 is 21.8 Å². The normalized spacial score (nSPS) is 30.3. The molecule has 1 aromatic rings. The number of hydrogen-bond donors (Lipinski definition) is 1. The summed E-state index contributed by atoms with van der Waals surface area (Å²) in [5, 5.41) is 3.18. The summed E-state index contributed by atoms with van der Waals surface area (Å²) in [7, 11) is 0. The van der Waals surface area contributed by atoms with Crippen LogP contribution in [0.15, 0.2) is 28.7 Å². The van der Waals surface area contributed by atoms with E-state index in [1.54, 1.807) is 0 Å². The maximum Gasteiger partial charge on any atom is 0.224 e. The first-order chi connectivity index (χ1) is 9.16. The summed E-state index contributed by atoms with van der Waals surface area (Å²) in [6, 6.07) is 8.25. The van der Waals surface area contributed by atoms with E-state index in [1.807, 2.05) is 12.1 Å². The Bertz CT molecular complexity index is 475. The number of rotatable bonds is 3. The van der Waals surface area contributed by atoms with Crippen molar-refractivity contribution in [1.29, 1.82) is 0 Å². The van der Waals surface area contributed by atoms with Gasteiger partial charge < -0.3 is 5.32 Å². The van der Waals surface area contributed by atoms with Crippen LogP contribution < -0.4 is 5.32 Å². The van der Waals surface area contributed by atoms with Crippen molar-refractivity contribution in [3.8, 4) is 0 Å². The summed E-state index contributed by atoms with van der Waals surface area (Å²) in [6.07, 6.45) is 5.14. The Morgan fingerprint density at radius 1 is 1.32 bits per heavy atom. The molecule has 0 aromatic heterocycles. The molecule has 0 saturated heterocycles. The maximum absolute atomic E-state index is 12.3. The quantitative estimate of drug-likeness (QED) is 0.893. The lowest BCUT2D eigenvalue weighted by molar-refractivity contribution is -0.123. The van der Waals surface area contributed by atoms with E-state index in [2.05, 4.69) is 40.3 Å². The van der Waals surface area contributed by atoms with Crippen LogP contribution in [0, 0.1) is 17.8 Å². The Kier molecular flexibility index (Phi) is 3.66. The molecule has 0 aliphatic heterocycles. The van der Waals surface area contributed by atoms with Gasteiger partial charge in [-0.25, -0.2) is 0 Å². The highest BCUT2D eigenvalue weighted by Crippen LogP contribution is 2.55. The Labute approximate surface area is 123 Å². The predicted molar refractivity (Wildman–Crippen MR) is 79.6 cm³/mol. The van der Waals surface area contributed by atoms with Crippen LogP contribution in [0.1, 0.15) is 44.2 Å². The molecule has 2 saturated carbocycles. The number of carbonyl (C=O) groups excluding carboxylic acids is 1. The highest BCUT2D eigenvalue weighted by Gasteiger charge is 2.54. The molecular weight excluding hydrogens is 302 g/mol. The molecule has 102 valence electrons. The van der Waals surface area contributed by atoms with Crippen LogP contribution in [0.3, 0.4) is 0 Å². The first-order valence-corrected chi connectivity index (χ1v) is 8.02. The van der Waals surface area contributed by atoms with Gasteiger partial charge in [0.05, 0.1) is 6.04 Å². The van der Waals surface area contributed by atoms with Crippen LogP contribution in [0.4, 0.5) is 0 Å². The number of carbonyl (C=O) groups is 1. The Morgan fingerprint density at radius 3 is 2.63 bits per heavy atom. The van der Waals surface area contributed by atoms with Gasteiger partial charge in [0.25, 0.3) is 0 Å². The molecule has 0 bridgehead atoms. The Hall–Kier alpha value is -0.830. The topological polar surface area (TPSA) is 29.1 Å². The average Bonchev–Trinajstić information content (AvgIpc) is 3.13. The van der Waals surface area contributed by atoms with Gasteiger partial charge in [-0.2, -0.15) is 0 Å². The molecule has 2 fully saturated rings. The van der Waals surface area contributed by atoms with E-state index >= 15 is 0 Å². The minimum atomic E-state index is 0.0904. The average molecular weight is 322 g/mol. The molecule has 0 radical (unpaired) electrons. The second-order valence-corrected chi connectivity index (χ2v) is 6.84. The summed E-state index contributed by atoms with van der Waals surface area (Å²) in [4.78, 5) is 12.3. The summed E-state index contributed by atoms with van der Waals surface area (Å²) in [5.74, 6) is 1.94. The molecule has 3 heteroatoms. The van der Waals surface area contributed by atoms with E-state index < -0.39 is 0 Å². The van der Waals surface area contributed by atoms with Crippen molar-refractivity contribution in [1.82, 2.24) is 5.32 Å². The molecule has 3 rings (SSSR count). The van der Waals surface area contributed by atoms with E-state index in [9.17, 15) is 4.79 Å². The van der Waals surface area contributed by atoms with Gasteiger partial charge in [0, 0.05) is 10.4 Å². The van der Waals surface area contributed by atoms with Gasteiger partial charge in [-0.1, -0.05) is 40.9 Å². The van der Waals surface area contributed by atoms with E-state index in [0.29, 0.717) is 17.8 Å². The molecule has 0 heterocycles. The molecule has 3 unspecified atom stereocenters. The van der Waals surface area contributed by atoms with E-state index in [0.717, 1.165) is 10.0 Å². The fourth-order valence-corrected chi connectivity index (χ4v) is 3.97. The van der Waals surface area contributed by atoms with Crippen LogP contribution in [0.25, 0.3) is 0 Å². The van der Waals surface area contributed by atoms with Gasteiger partial charge in [0.1, 0.15) is 0 Å². The standard InChI is InChI=1S/C16H20BrNO/c1-10(11-5-4-6-12(17)9-11)18-16(19)15-13-7-2-3-8-14(13)15/h4-6,9-10,13-15H,2-3,7-8H2,1H3,(H,18,19). The van der Waals surface area contributed by atoms with E-state index in [1.165, 1.54) is 25.7 Å². The van der Waals surface area contributed by atoms with Gasteiger partial charge in [-0.3, -0.25) is 4.79 Å². The minimum Gasteiger partial charge on any atom is -0.349 e. The lowest BCUT2D eigenvalue weighted by atomic mass is 10.0. The zero-order valence-corrected chi connectivity index (χ0v) is 12.8. The van der Waals surface area contributed by atoms with E-state index in [-0.39, 0.29) is 11.9 Å². The molecule has 1 amide bonds. The summed E-state index contributed by atoms with van der Waals surface area (Å²) in [6.45, 7) is 2.06. The van der Waals surface area contributed by atoms with Crippen LogP contribution in [-0.4, -0.2) is 5.91 Å². The van der Waals surface area contributed by atoms with Crippen molar-refractivity contribution in [2.24, 2.45) is 17.8 Å². The molecule has 2 aliphatic carbocycles. The van der Waals surface area contributed by atoms with Crippen molar-refractivity contribution in [3.05, 3.63) is 34.3 Å². The maximum atomic E-state index is 12.3. The fourth-order valence-electron chi connectivity index (χ4n) is 3.55. The van der Waals surface area contributed by atoms with Crippen LogP contribution in [-0.2, 0) is 4.79 Å². The number of hydrogen-bond acceptors (Lipinski definition) is 1. The minimum absolute atomic E-state index is 0.0904. The molecule has 1 aromatic carbocycles. The number of fused-ring (bicyclic) bond motifs is 1. The molecule has 2 aliphatic rings. The molecule has 1 N–H and O–H groups in total. The number of benzene rings is 1. The van der Waals surface area contributed by atoms with Crippen molar-refractivity contribution in [2.45, 2.75) is 38.6 Å². The Balaban J connectivity index is 1.61. The zero-order valence-electron chi connectivity index (χ0n) is 11.2. The summed E-state index contributed by atoms with van der Waals surface area (Å²) >= 11 is 3.48. The van der Waals surface area contributed by atoms with Crippen LogP contribution in [0.2, 0.25) is 0 Å². The van der Waals surface area contributed by atoms with Crippen LogP contribution >= 0.6 is 15.9 Å². The third-order valence-corrected chi connectivity index (χ3v) is 5.16. The lowest BCUT2D eigenvalue weighted by Gasteiger charge is -2.14. The highest BCUT2D eigenvalue weighted by atomic mass is 79.9. The van der Waals surface area contributed by atoms with Crippen molar-refractivity contribution < 1.29 is 4.79 Å². The largest absolute Gasteiger partial charge is 0.349 e. The molecular formula is C16H20BrNO. The first-order valence-electron chi connectivity index (χ1n) is 7.22. The van der Waals surface area contributed by atoms with Gasteiger partial charge in [-0.05, 0) is 49.3 Å². The van der Waals surface area contributed by atoms with Gasteiger partial charge in [-0.15, -0.1) is 0 Å².